The van der Waals surface area contributed by atoms with Crippen molar-refractivity contribution in [2.75, 3.05) is 50.0 Å². The third-order valence-electron chi connectivity index (χ3n) is 3.59. The summed E-state index contributed by atoms with van der Waals surface area (Å²) >= 11 is 0. The number of nitrogens with one attached hydrogen (secondary N) is 2. The zero-order chi connectivity index (χ0) is 15.2. The van der Waals surface area contributed by atoms with E-state index in [9.17, 15) is 9.59 Å². The van der Waals surface area contributed by atoms with Gasteiger partial charge in [-0.3, -0.25) is 14.5 Å². The number of hydrogen-bond donors (Lipinski definition) is 2. The molecule has 0 saturated carbocycles. The molecule has 2 N–H and O–H groups in total. The van der Waals surface area contributed by atoms with Crippen LogP contribution in [0.3, 0.4) is 0 Å². The van der Waals surface area contributed by atoms with Gasteiger partial charge in [0.25, 0.3) is 0 Å². The van der Waals surface area contributed by atoms with E-state index in [1.165, 1.54) is 6.92 Å². The number of hydrogen-bond acceptors (Lipinski definition) is 4. The highest BCUT2D eigenvalue weighted by molar-refractivity contribution is 5.93. The molecule has 1 aliphatic rings. The van der Waals surface area contributed by atoms with Gasteiger partial charge in [-0.15, -0.1) is 0 Å². The maximum Gasteiger partial charge on any atom is 0.238 e. The first-order valence-corrected chi connectivity index (χ1v) is 7.13. The van der Waals surface area contributed by atoms with Crippen molar-refractivity contribution in [3.05, 3.63) is 24.3 Å². The molecule has 0 aliphatic carbocycles. The van der Waals surface area contributed by atoms with E-state index in [0.29, 0.717) is 6.54 Å². The molecule has 0 atom stereocenters. The Morgan fingerprint density at radius 3 is 2.43 bits per heavy atom. The molecule has 0 radical (unpaired) electrons. The normalized spacial score (nSPS) is 15.5. The quantitative estimate of drug-likeness (QED) is 0.848. The molecule has 1 saturated heterocycles. The predicted molar refractivity (Wildman–Crippen MR) is 83.5 cm³/mol. The van der Waals surface area contributed by atoms with E-state index in [2.05, 4.69) is 15.5 Å². The Balaban J connectivity index is 1.87. The molecule has 2 rings (SSSR count). The molecule has 0 unspecified atom stereocenters. The molecule has 21 heavy (non-hydrogen) atoms. The van der Waals surface area contributed by atoms with Crippen LogP contribution in [0.1, 0.15) is 6.92 Å². The van der Waals surface area contributed by atoms with Crippen molar-refractivity contribution < 1.29 is 9.59 Å². The number of benzene rings is 1. The Hall–Kier alpha value is -1.92. The van der Waals surface area contributed by atoms with Crippen molar-refractivity contribution in [1.29, 1.82) is 0 Å². The van der Waals surface area contributed by atoms with E-state index in [1.54, 1.807) is 11.9 Å². The SMILES string of the molecule is CC(=O)N(C)c1ccc(NC(=O)CN2CCNCC2)cc1. The lowest BCUT2D eigenvalue weighted by atomic mass is 10.2. The summed E-state index contributed by atoms with van der Waals surface area (Å²) in [4.78, 5) is 26.9. The van der Waals surface area contributed by atoms with Gasteiger partial charge in [0.1, 0.15) is 0 Å². The van der Waals surface area contributed by atoms with Crippen molar-refractivity contribution in [2.24, 2.45) is 0 Å². The van der Waals surface area contributed by atoms with Gasteiger partial charge >= 0.3 is 0 Å². The standard InChI is InChI=1S/C15H22N4O2/c1-12(20)18(2)14-5-3-13(4-6-14)17-15(21)11-19-9-7-16-8-10-19/h3-6,16H,7-11H2,1-2H3,(H,17,21). The molecule has 6 heteroatoms. The third kappa shape index (κ3) is 4.54. The van der Waals surface area contributed by atoms with Crippen LogP contribution < -0.4 is 15.5 Å². The molecular formula is C15H22N4O2. The van der Waals surface area contributed by atoms with Crippen molar-refractivity contribution >= 4 is 23.2 Å². The second-order valence-corrected chi connectivity index (χ2v) is 5.20. The highest BCUT2D eigenvalue weighted by Gasteiger charge is 2.13. The van der Waals surface area contributed by atoms with Crippen LogP contribution in [-0.2, 0) is 9.59 Å². The Morgan fingerprint density at radius 1 is 1.24 bits per heavy atom. The molecule has 0 aromatic heterocycles. The zero-order valence-corrected chi connectivity index (χ0v) is 12.6. The van der Waals surface area contributed by atoms with Crippen molar-refractivity contribution in [1.82, 2.24) is 10.2 Å². The first kappa shape index (κ1) is 15.5. The van der Waals surface area contributed by atoms with Crippen LogP contribution in [-0.4, -0.2) is 56.5 Å². The third-order valence-corrected chi connectivity index (χ3v) is 3.59. The van der Waals surface area contributed by atoms with Crippen molar-refractivity contribution in [3.8, 4) is 0 Å². The minimum Gasteiger partial charge on any atom is -0.325 e. The monoisotopic (exact) mass is 290 g/mol. The number of anilines is 2. The average molecular weight is 290 g/mol. The van der Waals surface area contributed by atoms with Crippen LogP contribution in [0, 0.1) is 0 Å². The molecule has 0 bridgehead atoms. The highest BCUT2D eigenvalue weighted by atomic mass is 16.2. The lowest BCUT2D eigenvalue weighted by molar-refractivity contribution is -0.117. The van der Waals surface area contributed by atoms with E-state index in [0.717, 1.165) is 37.6 Å². The van der Waals surface area contributed by atoms with Gasteiger partial charge in [0.2, 0.25) is 11.8 Å². The molecule has 1 aromatic carbocycles. The fraction of sp³-hybridized carbons (Fsp3) is 0.467. The summed E-state index contributed by atoms with van der Waals surface area (Å²) in [6.07, 6.45) is 0. The molecule has 1 aliphatic heterocycles. The minimum absolute atomic E-state index is 0.00966. The molecule has 1 aromatic rings. The second-order valence-electron chi connectivity index (χ2n) is 5.20. The molecule has 114 valence electrons. The van der Waals surface area contributed by atoms with Gasteiger partial charge < -0.3 is 15.5 Å². The van der Waals surface area contributed by atoms with E-state index < -0.39 is 0 Å². The second kappa shape index (κ2) is 7.19. The maximum absolute atomic E-state index is 12.0. The van der Waals surface area contributed by atoms with E-state index in [4.69, 9.17) is 0 Å². The first-order valence-electron chi connectivity index (χ1n) is 7.13. The number of amides is 2. The van der Waals surface area contributed by atoms with E-state index >= 15 is 0 Å². The van der Waals surface area contributed by atoms with Crippen LogP contribution >= 0.6 is 0 Å². The summed E-state index contributed by atoms with van der Waals surface area (Å²) in [5, 5.41) is 6.14. The summed E-state index contributed by atoms with van der Waals surface area (Å²) in [6, 6.07) is 7.26. The summed E-state index contributed by atoms with van der Waals surface area (Å²) in [5.74, 6) is -0.0323. The molecule has 1 heterocycles. The van der Waals surface area contributed by atoms with Crippen LogP contribution in [0.4, 0.5) is 11.4 Å². The number of piperazine rings is 1. The van der Waals surface area contributed by atoms with Gasteiger partial charge in [-0.2, -0.15) is 0 Å². The number of carbonyl (C=O) groups excluding carboxylic acids is 2. The van der Waals surface area contributed by atoms with Gasteiger partial charge in [0.05, 0.1) is 6.54 Å². The van der Waals surface area contributed by atoms with Crippen LogP contribution in [0.2, 0.25) is 0 Å². The number of carbonyl (C=O) groups is 2. The molecule has 0 spiro atoms. The van der Waals surface area contributed by atoms with E-state index in [-0.39, 0.29) is 11.8 Å². The smallest absolute Gasteiger partial charge is 0.238 e. The fourth-order valence-electron chi connectivity index (χ4n) is 2.22. The minimum atomic E-state index is -0.0227. The van der Waals surface area contributed by atoms with Crippen LogP contribution in [0.25, 0.3) is 0 Å². The van der Waals surface area contributed by atoms with Gasteiger partial charge in [-0.1, -0.05) is 0 Å². The first-order chi connectivity index (χ1) is 10.1. The largest absolute Gasteiger partial charge is 0.325 e. The molecule has 2 amide bonds. The molecular weight excluding hydrogens is 268 g/mol. The number of nitrogens with zero attached hydrogens (tertiary/aromatic N) is 2. The maximum atomic E-state index is 12.0. The van der Waals surface area contributed by atoms with Gasteiger partial charge in [0, 0.05) is 51.5 Å². The number of rotatable bonds is 4. The van der Waals surface area contributed by atoms with Crippen molar-refractivity contribution in [3.63, 3.8) is 0 Å². The zero-order valence-electron chi connectivity index (χ0n) is 12.6. The van der Waals surface area contributed by atoms with Crippen LogP contribution in [0.15, 0.2) is 24.3 Å². The van der Waals surface area contributed by atoms with Gasteiger partial charge in [-0.05, 0) is 24.3 Å². The lowest BCUT2D eigenvalue weighted by Gasteiger charge is -2.26. The van der Waals surface area contributed by atoms with Crippen molar-refractivity contribution in [2.45, 2.75) is 6.92 Å². The summed E-state index contributed by atoms with van der Waals surface area (Å²) in [6.45, 7) is 5.59. The summed E-state index contributed by atoms with van der Waals surface area (Å²) in [7, 11) is 1.72. The summed E-state index contributed by atoms with van der Waals surface area (Å²) < 4.78 is 0. The van der Waals surface area contributed by atoms with Crippen LogP contribution in [0.5, 0.6) is 0 Å². The highest BCUT2D eigenvalue weighted by Crippen LogP contribution is 2.16. The molecule has 6 nitrogen and oxygen atoms in total. The topological polar surface area (TPSA) is 64.7 Å². The van der Waals surface area contributed by atoms with Gasteiger partial charge in [0.15, 0.2) is 0 Å². The fourth-order valence-corrected chi connectivity index (χ4v) is 2.22. The Morgan fingerprint density at radius 2 is 1.86 bits per heavy atom. The summed E-state index contributed by atoms with van der Waals surface area (Å²) in [5.41, 5.74) is 1.55. The predicted octanol–water partition coefficient (Wildman–Crippen LogP) is 0.513. The lowest BCUT2D eigenvalue weighted by Crippen LogP contribution is -2.46. The molecule has 1 fully saturated rings. The Bertz CT molecular complexity index is 495. The Labute approximate surface area is 125 Å². The van der Waals surface area contributed by atoms with Gasteiger partial charge in [-0.25, -0.2) is 0 Å². The average Bonchev–Trinajstić information content (AvgIpc) is 2.48. The van der Waals surface area contributed by atoms with E-state index in [1.807, 2.05) is 24.3 Å². The Kier molecular flexibility index (Phi) is 5.30.